The summed E-state index contributed by atoms with van der Waals surface area (Å²) in [5.74, 6) is -5.23. The number of aromatic nitrogens is 1. The number of benzene rings is 1. The largest absolute Gasteiger partial charge is 0.393 e. The van der Waals surface area contributed by atoms with Gasteiger partial charge in [0.25, 0.3) is 0 Å². The number of hydrogen-bond donors (Lipinski definition) is 2. The molecule has 210 valence electrons. The van der Waals surface area contributed by atoms with E-state index < -0.39 is 48.7 Å². The van der Waals surface area contributed by atoms with Crippen LogP contribution in [-0.2, 0) is 9.59 Å². The number of likely N-dealkylation sites (N-methyl/N-ethyl adjacent to an activating group) is 1. The molecule has 5 rings (SSSR count). The van der Waals surface area contributed by atoms with Gasteiger partial charge in [0.15, 0.2) is 0 Å². The maximum absolute atomic E-state index is 15.2. The van der Waals surface area contributed by atoms with E-state index in [1.54, 1.807) is 30.3 Å². The Morgan fingerprint density at radius 3 is 2.41 bits per heavy atom. The number of carbonyl (C=O) groups is 2. The Balaban J connectivity index is 1.46. The van der Waals surface area contributed by atoms with E-state index in [0.29, 0.717) is 35.8 Å². The molecule has 0 radical (unpaired) electrons. The second-order valence-electron chi connectivity index (χ2n) is 10.5. The van der Waals surface area contributed by atoms with Crippen molar-refractivity contribution < 1.29 is 27.2 Å². The van der Waals surface area contributed by atoms with Crippen LogP contribution >= 0.6 is 0 Å². The van der Waals surface area contributed by atoms with Crippen LogP contribution in [0.2, 0.25) is 0 Å². The van der Waals surface area contributed by atoms with Crippen molar-refractivity contribution in [3.63, 3.8) is 0 Å². The van der Waals surface area contributed by atoms with E-state index >= 15 is 4.39 Å². The Morgan fingerprint density at radius 2 is 1.74 bits per heavy atom. The molecule has 1 aromatic carbocycles. The highest BCUT2D eigenvalue weighted by atomic mass is 19.4. The molecule has 2 amide bonds. The van der Waals surface area contributed by atoms with Crippen molar-refractivity contribution in [1.82, 2.24) is 15.2 Å². The third kappa shape index (κ3) is 5.95. The van der Waals surface area contributed by atoms with E-state index in [0.717, 1.165) is 39.0 Å². The lowest BCUT2D eigenvalue weighted by molar-refractivity contribution is -0.197. The quantitative estimate of drug-likeness (QED) is 0.440. The molecule has 0 spiro atoms. The van der Waals surface area contributed by atoms with Gasteiger partial charge in [-0.05, 0) is 49.7 Å². The maximum atomic E-state index is 15.2. The lowest BCUT2D eigenvalue weighted by Crippen LogP contribution is -2.50. The highest BCUT2D eigenvalue weighted by molar-refractivity contribution is 5.98. The van der Waals surface area contributed by atoms with Crippen LogP contribution in [0.5, 0.6) is 0 Å². The van der Waals surface area contributed by atoms with Crippen LogP contribution in [0.3, 0.4) is 0 Å². The molecule has 2 N–H and O–H groups in total. The lowest BCUT2D eigenvalue weighted by atomic mass is 9.84. The third-order valence-corrected chi connectivity index (χ3v) is 7.84. The molecule has 0 aliphatic carbocycles. The highest BCUT2D eigenvalue weighted by Crippen LogP contribution is 2.39. The number of nitrogens with zero attached hydrogens (tertiary/aromatic N) is 4. The maximum Gasteiger partial charge on any atom is 0.393 e. The van der Waals surface area contributed by atoms with Gasteiger partial charge in [-0.2, -0.15) is 17.6 Å². The molecule has 2 atom stereocenters. The number of hydrogen-bond acceptors (Lipinski definition) is 6. The summed E-state index contributed by atoms with van der Waals surface area (Å²) in [6.45, 7) is 4.10. The second-order valence-corrected chi connectivity index (χ2v) is 10.5. The Hall–Kier alpha value is -3.41. The first-order chi connectivity index (χ1) is 18.6. The zero-order chi connectivity index (χ0) is 27.7. The molecular weight excluding hydrogens is 516 g/mol. The molecule has 3 fully saturated rings. The van der Waals surface area contributed by atoms with Crippen LogP contribution in [0, 0.1) is 17.8 Å². The normalized spacial score (nSPS) is 22.6. The molecule has 2 aromatic rings. The van der Waals surface area contributed by atoms with Crippen LogP contribution in [0.25, 0.3) is 11.1 Å². The molecule has 8 nitrogen and oxygen atoms in total. The highest BCUT2D eigenvalue weighted by Gasteiger charge is 2.50. The van der Waals surface area contributed by atoms with Crippen molar-refractivity contribution in [3.05, 3.63) is 36.3 Å². The van der Waals surface area contributed by atoms with Gasteiger partial charge in [0.2, 0.25) is 17.8 Å². The number of pyridine rings is 1. The Morgan fingerprint density at radius 1 is 1.03 bits per heavy atom. The molecule has 2 unspecified atom stereocenters. The summed E-state index contributed by atoms with van der Waals surface area (Å²) in [6, 6.07) is 8.48. The van der Waals surface area contributed by atoms with Crippen molar-refractivity contribution in [1.29, 1.82) is 0 Å². The van der Waals surface area contributed by atoms with Crippen molar-refractivity contribution in [2.75, 3.05) is 68.0 Å². The van der Waals surface area contributed by atoms with Crippen molar-refractivity contribution in [2.45, 2.75) is 25.4 Å². The van der Waals surface area contributed by atoms with Gasteiger partial charge in [0, 0.05) is 57.8 Å². The van der Waals surface area contributed by atoms with E-state index in [9.17, 15) is 22.8 Å². The molecule has 3 saturated heterocycles. The van der Waals surface area contributed by atoms with Crippen LogP contribution < -0.4 is 20.4 Å². The molecule has 3 aliphatic rings. The average Bonchev–Trinajstić information content (AvgIpc) is 3.44. The van der Waals surface area contributed by atoms with Gasteiger partial charge in [0.05, 0.1) is 23.2 Å². The average molecular weight is 549 g/mol. The summed E-state index contributed by atoms with van der Waals surface area (Å²) in [7, 11) is 2.00. The summed E-state index contributed by atoms with van der Waals surface area (Å²) in [4.78, 5) is 35.3. The Labute approximate surface area is 224 Å². The lowest BCUT2D eigenvalue weighted by Gasteiger charge is -2.36. The Bertz CT molecular complexity index is 1230. The number of rotatable bonds is 5. The standard InChI is InChI=1S/C27H32F4N6O2/c1-35-10-12-36(13-11-35)22-6-4-17(18-5-7-23(34-25(18)28)37-8-2-3-9-37)14-21(22)33-26(39)19-16-32-24(38)15-20(19)27(29,30)31/h4-7,14,19-20H,2-3,8-13,15-16H2,1H3,(H,32,38)(H,33,39). The molecule has 4 heterocycles. The first-order valence-electron chi connectivity index (χ1n) is 13.2. The minimum absolute atomic E-state index is 0.233. The van der Waals surface area contributed by atoms with E-state index in [4.69, 9.17) is 0 Å². The first-order valence-corrected chi connectivity index (χ1v) is 13.2. The smallest absolute Gasteiger partial charge is 0.367 e. The van der Waals surface area contributed by atoms with E-state index in [-0.39, 0.29) is 5.56 Å². The van der Waals surface area contributed by atoms with Crippen LogP contribution in [-0.4, -0.2) is 80.7 Å². The SMILES string of the molecule is CN1CCN(c2ccc(-c3ccc(N4CCCC4)nc3F)cc2NC(=O)C2CNC(=O)CC2C(F)(F)F)CC1. The molecule has 3 aliphatic heterocycles. The number of alkyl halides is 3. The van der Waals surface area contributed by atoms with Gasteiger partial charge in [-0.1, -0.05) is 6.07 Å². The van der Waals surface area contributed by atoms with Gasteiger partial charge < -0.3 is 25.3 Å². The third-order valence-electron chi connectivity index (χ3n) is 7.84. The molecule has 39 heavy (non-hydrogen) atoms. The fraction of sp³-hybridized carbons (Fsp3) is 0.519. The predicted octanol–water partition coefficient (Wildman–Crippen LogP) is 3.49. The summed E-state index contributed by atoms with van der Waals surface area (Å²) in [6.07, 6.45) is -3.44. The molecule has 0 bridgehead atoms. The zero-order valence-electron chi connectivity index (χ0n) is 21.7. The minimum Gasteiger partial charge on any atom is -0.367 e. The number of piperazine rings is 1. The summed E-state index contributed by atoms with van der Waals surface area (Å²) in [5.41, 5.74) is 1.62. The first kappa shape index (κ1) is 27.2. The topological polar surface area (TPSA) is 80.8 Å². The van der Waals surface area contributed by atoms with Crippen molar-refractivity contribution >= 4 is 29.0 Å². The fourth-order valence-corrected chi connectivity index (χ4v) is 5.51. The number of piperidine rings is 1. The van der Waals surface area contributed by atoms with Gasteiger partial charge in [-0.15, -0.1) is 0 Å². The number of amides is 2. The summed E-state index contributed by atoms with van der Waals surface area (Å²) < 4.78 is 56.3. The number of nitrogens with one attached hydrogen (secondary N) is 2. The molecule has 12 heteroatoms. The van der Waals surface area contributed by atoms with Gasteiger partial charge >= 0.3 is 6.18 Å². The predicted molar refractivity (Wildman–Crippen MR) is 140 cm³/mol. The van der Waals surface area contributed by atoms with Gasteiger partial charge in [-0.25, -0.2) is 4.98 Å². The molecule has 0 saturated carbocycles. The minimum atomic E-state index is -4.70. The van der Waals surface area contributed by atoms with E-state index in [2.05, 4.69) is 20.5 Å². The Kier molecular flexibility index (Phi) is 7.66. The summed E-state index contributed by atoms with van der Waals surface area (Å²) >= 11 is 0. The zero-order valence-corrected chi connectivity index (χ0v) is 21.7. The van der Waals surface area contributed by atoms with Gasteiger partial charge in [-0.3, -0.25) is 9.59 Å². The fourth-order valence-electron chi connectivity index (χ4n) is 5.51. The number of anilines is 3. The second kappa shape index (κ2) is 11.0. The number of halogens is 4. The number of carbonyl (C=O) groups excluding carboxylic acids is 2. The molecule has 1 aromatic heterocycles. The van der Waals surface area contributed by atoms with E-state index in [1.165, 1.54) is 0 Å². The van der Waals surface area contributed by atoms with E-state index in [1.807, 2.05) is 16.8 Å². The molecular formula is C27H32F4N6O2. The monoisotopic (exact) mass is 548 g/mol. The van der Waals surface area contributed by atoms with Crippen LogP contribution in [0.1, 0.15) is 19.3 Å². The van der Waals surface area contributed by atoms with Crippen LogP contribution in [0.4, 0.5) is 34.8 Å². The summed E-state index contributed by atoms with van der Waals surface area (Å²) in [5, 5.41) is 5.07. The van der Waals surface area contributed by atoms with Crippen LogP contribution in [0.15, 0.2) is 30.3 Å². The van der Waals surface area contributed by atoms with Crippen molar-refractivity contribution in [2.24, 2.45) is 11.8 Å². The van der Waals surface area contributed by atoms with Gasteiger partial charge in [0.1, 0.15) is 5.82 Å². The van der Waals surface area contributed by atoms with Crippen molar-refractivity contribution in [3.8, 4) is 11.1 Å².